The summed E-state index contributed by atoms with van der Waals surface area (Å²) in [4.78, 5) is 11.1. The van der Waals surface area contributed by atoms with Crippen molar-refractivity contribution < 1.29 is 0 Å². The van der Waals surface area contributed by atoms with Gasteiger partial charge in [0.15, 0.2) is 0 Å². The minimum absolute atomic E-state index is 0.725. The molecule has 1 aliphatic carbocycles. The second-order valence-corrected chi connectivity index (χ2v) is 11.3. The average Bonchev–Trinajstić information content (AvgIpc) is 3.27. The van der Waals surface area contributed by atoms with Crippen LogP contribution in [0.25, 0.3) is 11.3 Å². The van der Waals surface area contributed by atoms with Crippen LogP contribution in [0.1, 0.15) is 57.1 Å². The highest BCUT2D eigenvalue weighted by Gasteiger charge is 2.21. The summed E-state index contributed by atoms with van der Waals surface area (Å²) in [6.07, 6.45) is 20.7. The molecule has 0 spiro atoms. The molecular weight excluding hydrogens is 553 g/mol. The molecule has 1 saturated carbocycles. The second-order valence-electron chi connectivity index (χ2n) is 9.50. The monoisotopic (exact) mass is 595 g/mol. The summed E-state index contributed by atoms with van der Waals surface area (Å²) in [5.74, 6) is 0.810. The molecule has 0 heterocycles. The van der Waals surface area contributed by atoms with Crippen LogP contribution in [0.15, 0.2) is 94.6 Å². The first-order valence-electron chi connectivity index (χ1n) is 12.8. The molecule has 0 bridgehead atoms. The van der Waals surface area contributed by atoms with E-state index in [-0.39, 0.29) is 0 Å². The molecule has 1 aromatic carbocycles. The van der Waals surface area contributed by atoms with E-state index in [4.69, 9.17) is 4.99 Å². The topological polar surface area (TPSA) is 28.0 Å². The summed E-state index contributed by atoms with van der Waals surface area (Å²) >= 11 is 2.59. The van der Waals surface area contributed by atoms with Gasteiger partial charge in [-0.3, -0.25) is 9.98 Å². The summed E-state index contributed by atoms with van der Waals surface area (Å²) in [7, 11) is 5.83. The number of allylic oxidation sites excluding steroid dienone is 8. The third-order valence-corrected chi connectivity index (χ3v) is 7.37. The van der Waals surface area contributed by atoms with Gasteiger partial charge in [-0.2, -0.15) is 0 Å². The molecule has 2 atom stereocenters. The average molecular weight is 596 g/mol. The van der Waals surface area contributed by atoms with Crippen molar-refractivity contribution in [3.05, 3.63) is 95.8 Å². The van der Waals surface area contributed by atoms with Gasteiger partial charge >= 0.3 is 0 Å². The fourth-order valence-corrected chi connectivity index (χ4v) is 5.45. The maximum Gasteiger partial charge on any atom is 0.0630 e. The molecule has 4 heteroatoms. The minimum Gasteiger partial charge on any atom is -0.383 e. The Balaban J connectivity index is 2.34. The van der Waals surface area contributed by atoms with Gasteiger partial charge in [-0.25, -0.2) is 0 Å². The first-order valence-corrected chi connectivity index (χ1v) is 14.0. The van der Waals surface area contributed by atoms with Crippen LogP contribution in [0.3, 0.4) is 0 Å². The largest absolute Gasteiger partial charge is 0.383 e. The molecule has 192 valence electrons. The lowest BCUT2D eigenvalue weighted by molar-refractivity contribution is 0.560. The first kappa shape index (κ1) is 29.8. The van der Waals surface area contributed by atoms with Crippen LogP contribution in [0, 0.1) is 5.92 Å². The predicted octanol–water partition coefficient (Wildman–Crippen LogP) is 8.72. The zero-order chi connectivity index (χ0) is 26.5. The Hall–Kier alpha value is -2.47. The molecule has 0 aromatic heterocycles. The molecule has 0 unspecified atom stereocenters. The highest BCUT2D eigenvalue weighted by atomic mass is 127. The van der Waals surface area contributed by atoms with Crippen molar-refractivity contribution in [2.45, 2.75) is 49.9 Å². The molecule has 0 N–H and O–H groups in total. The van der Waals surface area contributed by atoms with E-state index in [1.807, 2.05) is 56.7 Å². The van der Waals surface area contributed by atoms with Crippen LogP contribution >= 0.6 is 22.6 Å². The van der Waals surface area contributed by atoms with Crippen LogP contribution in [0.5, 0.6) is 0 Å². The molecule has 1 aromatic rings. The maximum absolute atomic E-state index is 4.81. The number of rotatable bonds is 12. The maximum atomic E-state index is 4.81. The molecule has 36 heavy (non-hydrogen) atoms. The molecule has 2 rings (SSSR count). The second kappa shape index (κ2) is 15.6. The lowest BCUT2D eigenvalue weighted by Gasteiger charge is -2.11. The summed E-state index contributed by atoms with van der Waals surface area (Å²) in [5, 5.41) is 0. The summed E-state index contributed by atoms with van der Waals surface area (Å²) in [6.45, 7) is 12.5. The Bertz CT molecular complexity index is 1080. The van der Waals surface area contributed by atoms with Gasteiger partial charge in [0, 0.05) is 54.8 Å². The van der Waals surface area contributed by atoms with E-state index >= 15 is 0 Å². The highest BCUT2D eigenvalue weighted by molar-refractivity contribution is 14.1. The lowest BCUT2D eigenvalue weighted by Crippen LogP contribution is -2.02. The van der Waals surface area contributed by atoms with Crippen molar-refractivity contribution in [1.82, 2.24) is 4.90 Å². The van der Waals surface area contributed by atoms with Gasteiger partial charge < -0.3 is 4.90 Å². The van der Waals surface area contributed by atoms with Crippen LogP contribution in [-0.4, -0.2) is 42.4 Å². The van der Waals surface area contributed by atoms with E-state index in [1.165, 1.54) is 24.8 Å². The Kier molecular flexibility index (Phi) is 12.9. The van der Waals surface area contributed by atoms with Gasteiger partial charge in [-0.1, -0.05) is 85.2 Å². The van der Waals surface area contributed by atoms with Gasteiger partial charge in [-0.05, 0) is 73.3 Å². The van der Waals surface area contributed by atoms with E-state index < -0.39 is 0 Å². The highest BCUT2D eigenvalue weighted by Crippen LogP contribution is 2.33. The molecule has 0 saturated heterocycles. The molecule has 1 aliphatic rings. The van der Waals surface area contributed by atoms with E-state index in [1.54, 1.807) is 0 Å². The number of nitrogens with zero attached hydrogens (tertiary/aromatic N) is 3. The standard InChI is InChI=1S/C32H42IN3/c1-8-12-30(21-34-5)32(24(3)13-10-14-26-17-18-31(33)19-26)22-35-25(4)28-15-11-16-29(20-28)27(9-2)23-36(6)7/h9-13,15-16,20-23,26,31H,2,4,8,14,17-19H2,1,3,5-7H3/b13-10+,27-23+,30-12-,32-24-,34-21?,35-22?/t26-,31+/m0/s1. The van der Waals surface area contributed by atoms with Gasteiger partial charge in [0.25, 0.3) is 0 Å². The summed E-state index contributed by atoms with van der Waals surface area (Å²) in [6, 6.07) is 8.29. The third kappa shape index (κ3) is 9.53. The number of hydrogen-bond acceptors (Lipinski definition) is 3. The third-order valence-electron chi connectivity index (χ3n) is 6.24. The number of aliphatic imine (C=N–C) groups is 2. The normalized spacial score (nSPS) is 19.9. The summed E-state index contributed by atoms with van der Waals surface area (Å²) < 4.78 is 0.839. The van der Waals surface area contributed by atoms with Gasteiger partial charge in [0.2, 0.25) is 0 Å². The van der Waals surface area contributed by atoms with E-state index in [0.29, 0.717) is 0 Å². The SMILES string of the molecule is C=C/C(=C\N(C)C)c1cccc(C(=C)N=CC(/C(C=NC)=C\CC)=C(C)/C=C/C[C@H]2CC[C@@H](I)C2)c1. The quantitative estimate of drug-likeness (QED) is 0.103. The Morgan fingerprint density at radius 2 is 1.94 bits per heavy atom. The lowest BCUT2D eigenvalue weighted by atomic mass is 9.99. The van der Waals surface area contributed by atoms with Crippen LogP contribution in [0.4, 0.5) is 0 Å². The molecular formula is C32H42IN3. The zero-order valence-corrected chi connectivity index (χ0v) is 24.8. The number of alkyl halides is 1. The Morgan fingerprint density at radius 3 is 2.56 bits per heavy atom. The fourth-order valence-electron chi connectivity index (χ4n) is 4.37. The van der Waals surface area contributed by atoms with Gasteiger partial charge in [-0.15, -0.1) is 0 Å². The van der Waals surface area contributed by atoms with Gasteiger partial charge in [0.1, 0.15) is 0 Å². The Labute approximate surface area is 233 Å². The van der Waals surface area contributed by atoms with Crippen LogP contribution < -0.4 is 0 Å². The van der Waals surface area contributed by atoms with E-state index in [0.717, 1.165) is 56.2 Å². The van der Waals surface area contributed by atoms with Crippen LogP contribution in [-0.2, 0) is 0 Å². The van der Waals surface area contributed by atoms with Crippen LogP contribution in [0.2, 0.25) is 0 Å². The molecule has 0 aliphatic heterocycles. The van der Waals surface area contributed by atoms with Crippen molar-refractivity contribution in [2.75, 3.05) is 21.1 Å². The van der Waals surface area contributed by atoms with Gasteiger partial charge in [0.05, 0.1) is 5.70 Å². The van der Waals surface area contributed by atoms with Crippen molar-refractivity contribution in [3.8, 4) is 0 Å². The van der Waals surface area contributed by atoms with E-state index in [9.17, 15) is 0 Å². The number of halogens is 1. The number of benzene rings is 1. The minimum atomic E-state index is 0.725. The van der Waals surface area contributed by atoms with Crippen molar-refractivity contribution in [1.29, 1.82) is 0 Å². The van der Waals surface area contributed by atoms with Crippen molar-refractivity contribution >= 4 is 46.3 Å². The van der Waals surface area contributed by atoms with Crippen molar-refractivity contribution in [2.24, 2.45) is 15.9 Å². The van der Waals surface area contributed by atoms with E-state index in [2.05, 4.69) is 91.1 Å². The van der Waals surface area contributed by atoms with Crippen molar-refractivity contribution in [3.63, 3.8) is 0 Å². The smallest absolute Gasteiger partial charge is 0.0630 e. The molecule has 1 fully saturated rings. The fraction of sp³-hybridized carbons (Fsp3) is 0.375. The first-order chi connectivity index (χ1) is 17.3. The zero-order valence-electron chi connectivity index (χ0n) is 22.7. The number of hydrogen-bond donors (Lipinski definition) is 0. The predicted molar refractivity (Wildman–Crippen MR) is 170 cm³/mol. The molecule has 0 radical (unpaired) electrons. The molecule has 3 nitrogen and oxygen atoms in total. The molecule has 0 amide bonds. The summed E-state index contributed by atoms with van der Waals surface area (Å²) in [5.41, 5.74) is 7.21. The Morgan fingerprint density at radius 1 is 1.19 bits per heavy atom.